The Labute approximate surface area is 192 Å². The molecule has 2 fully saturated rings. The zero-order chi connectivity index (χ0) is 23.4. The van der Waals surface area contributed by atoms with E-state index in [-0.39, 0.29) is 49.1 Å². The highest BCUT2D eigenvalue weighted by atomic mass is 16.5. The lowest BCUT2D eigenvalue weighted by atomic mass is 10.2. The SMILES string of the molecule is CN(C)C(=O)COC[C@@H]1C[C@H](n2cc(NC(=O)C3CC3)cn2)CN1C(=O)Nc1cccnc1. The van der Waals surface area contributed by atoms with E-state index in [0.29, 0.717) is 24.3 Å². The van der Waals surface area contributed by atoms with Crippen LogP contribution in [-0.4, -0.2) is 82.3 Å². The fraction of sp³-hybridized carbons (Fsp3) is 0.500. The monoisotopic (exact) mass is 455 g/mol. The van der Waals surface area contributed by atoms with Gasteiger partial charge in [0, 0.05) is 39.0 Å². The van der Waals surface area contributed by atoms with E-state index in [4.69, 9.17) is 4.74 Å². The average molecular weight is 456 g/mol. The molecule has 11 heteroatoms. The lowest BCUT2D eigenvalue weighted by molar-refractivity contribution is -0.133. The number of nitrogens with one attached hydrogen (secondary N) is 2. The molecule has 0 bridgehead atoms. The van der Waals surface area contributed by atoms with Gasteiger partial charge >= 0.3 is 6.03 Å². The van der Waals surface area contributed by atoms with Crippen LogP contribution in [0.5, 0.6) is 0 Å². The van der Waals surface area contributed by atoms with Crippen LogP contribution in [0, 0.1) is 5.92 Å². The van der Waals surface area contributed by atoms with Crippen molar-refractivity contribution in [3.05, 3.63) is 36.9 Å². The molecule has 4 rings (SSSR count). The van der Waals surface area contributed by atoms with Gasteiger partial charge in [0.1, 0.15) is 6.61 Å². The number of carbonyl (C=O) groups excluding carboxylic acids is 3. The molecule has 0 unspecified atom stereocenters. The summed E-state index contributed by atoms with van der Waals surface area (Å²) in [4.78, 5) is 44.1. The highest BCUT2D eigenvalue weighted by molar-refractivity contribution is 5.93. The summed E-state index contributed by atoms with van der Waals surface area (Å²) in [6, 6.07) is 2.91. The van der Waals surface area contributed by atoms with E-state index >= 15 is 0 Å². The van der Waals surface area contributed by atoms with Crippen LogP contribution in [0.15, 0.2) is 36.9 Å². The number of aromatic nitrogens is 3. The number of anilines is 2. The number of likely N-dealkylation sites (tertiary alicyclic amines) is 1. The van der Waals surface area contributed by atoms with Gasteiger partial charge in [0.05, 0.1) is 42.5 Å². The Morgan fingerprint density at radius 2 is 2.00 bits per heavy atom. The summed E-state index contributed by atoms with van der Waals surface area (Å²) in [5.74, 6) is -0.00721. The molecule has 2 aromatic rings. The van der Waals surface area contributed by atoms with Crippen LogP contribution in [0.25, 0.3) is 0 Å². The fourth-order valence-corrected chi connectivity index (χ4v) is 3.73. The summed E-state index contributed by atoms with van der Waals surface area (Å²) in [6.45, 7) is 0.591. The zero-order valence-electron chi connectivity index (χ0n) is 18.8. The van der Waals surface area contributed by atoms with E-state index in [1.54, 1.807) is 60.6 Å². The smallest absolute Gasteiger partial charge is 0.322 e. The molecule has 1 aliphatic carbocycles. The second kappa shape index (κ2) is 9.99. The number of hydrogen-bond acceptors (Lipinski definition) is 6. The van der Waals surface area contributed by atoms with E-state index in [1.807, 2.05) is 0 Å². The topological polar surface area (TPSA) is 122 Å². The molecule has 176 valence electrons. The minimum absolute atomic E-state index is 0.0234. The standard InChI is InChI=1S/C22H29N7O4/c1-27(2)20(30)14-33-13-19-8-18(12-28(19)22(32)26-16-4-3-7-23-9-16)29-11-17(10-24-29)25-21(31)15-5-6-15/h3-4,7,9-11,15,18-19H,5-6,8,12-14H2,1-2H3,(H,25,31)(H,26,32)/t18-,19-/m0/s1. The van der Waals surface area contributed by atoms with Crippen molar-refractivity contribution in [2.75, 3.05) is 44.5 Å². The van der Waals surface area contributed by atoms with Crippen molar-refractivity contribution in [1.82, 2.24) is 24.6 Å². The average Bonchev–Trinajstić information content (AvgIpc) is 3.41. The molecule has 0 radical (unpaired) electrons. The van der Waals surface area contributed by atoms with Crippen molar-refractivity contribution in [2.45, 2.75) is 31.3 Å². The Morgan fingerprint density at radius 1 is 1.18 bits per heavy atom. The maximum Gasteiger partial charge on any atom is 0.322 e. The van der Waals surface area contributed by atoms with Crippen molar-refractivity contribution < 1.29 is 19.1 Å². The number of hydrogen-bond donors (Lipinski definition) is 2. The molecule has 2 aliphatic rings. The molecule has 1 saturated carbocycles. The molecule has 4 amide bonds. The quantitative estimate of drug-likeness (QED) is 0.623. The summed E-state index contributed by atoms with van der Waals surface area (Å²) < 4.78 is 7.41. The predicted molar refractivity (Wildman–Crippen MR) is 120 cm³/mol. The minimum atomic E-state index is -0.271. The van der Waals surface area contributed by atoms with Gasteiger partial charge in [0.25, 0.3) is 0 Å². The summed E-state index contributed by atoms with van der Waals surface area (Å²) in [7, 11) is 3.34. The van der Waals surface area contributed by atoms with Gasteiger partial charge in [-0.1, -0.05) is 0 Å². The van der Waals surface area contributed by atoms with Crippen LogP contribution in [-0.2, 0) is 14.3 Å². The molecule has 33 heavy (non-hydrogen) atoms. The largest absolute Gasteiger partial charge is 0.369 e. The van der Waals surface area contributed by atoms with Crippen LogP contribution < -0.4 is 10.6 Å². The van der Waals surface area contributed by atoms with Crippen molar-refractivity contribution >= 4 is 29.2 Å². The number of ether oxygens (including phenoxy) is 1. The van der Waals surface area contributed by atoms with Crippen LogP contribution in [0.3, 0.4) is 0 Å². The van der Waals surface area contributed by atoms with Gasteiger partial charge in [-0.15, -0.1) is 0 Å². The van der Waals surface area contributed by atoms with Crippen LogP contribution in [0.4, 0.5) is 16.2 Å². The summed E-state index contributed by atoms with van der Waals surface area (Å²) >= 11 is 0. The van der Waals surface area contributed by atoms with Gasteiger partial charge in [-0.2, -0.15) is 5.10 Å². The minimum Gasteiger partial charge on any atom is -0.369 e. The number of likely N-dealkylation sites (N-methyl/N-ethyl adjacent to an activating group) is 1. The maximum absolute atomic E-state index is 13.0. The first-order valence-electron chi connectivity index (χ1n) is 11.0. The Morgan fingerprint density at radius 3 is 2.70 bits per heavy atom. The normalized spacial score (nSPS) is 19.9. The molecule has 3 heterocycles. The van der Waals surface area contributed by atoms with E-state index in [2.05, 4.69) is 20.7 Å². The Bertz CT molecular complexity index is 990. The molecular weight excluding hydrogens is 426 g/mol. The highest BCUT2D eigenvalue weighted by Gasteiger charge is 2.37. The molecule has 0 spiro atoms. The molecule has 2 atom stereocenters. The number of urea groups is 1. The van der Waals surface area contributed by atoms with Gasteiger partial charge in [0.2, 0.25) is 11.8 Å². The first-order chi connectivity index (χ1) is 15.9. The Balaban J connectivity index is 1.42. The van der Waals surface area contributed by atoms with Crippen molar-refractivity contribution in [1.29, 1.82) is 0 Å². The number of carbonyl (C=O) groups is 3. The molecule has 1 saturated heterocycles. The maximum atomic E-state index is 13.0. The van der Waals surface area contributed by atoms with Crippen LogP contribution >= 0.6 is 0 Å². The summed E-state index contributed by atoms with van der Waals surface area (Å²) in [6.07, 6.45) is 9.10. The third-order valence-corrected chi connectivity index (χ3v) is 5.79. The second-order valence-electron chi connectivity index (χ2n) is 8.64. The number of amides is 4. The second-order valence-corrected chi connectivity index (χ2v) is 8.64. The van der Waals surface area contributed by atoms with E-state index in [0.717, 1.165) is 12.8 Å². The van der Waals surface area contributed by atoms with Crippen molar-refractivity contribution in [2.24, 2.45) is 5.92 Å². The van der Waals surface area contributed by atoms with Gasteiger partial charge in [-0.25, -0.2) is 4.79 Å². The number of rotatable bonds is 8. The Hall–Kier alpha value is -3.47. The molecular formula is C22H29N7O4. The Kier molecular flexibility index (Phi) is 6.87. The summed E-state index contributed by atoms with van der Waals surface area (Å²) in [5.41, 5.74) is 1.24. The molecule has 2 N–H and O–H groups in total. The molecule has 2 aromatic heterocycles. The van der Waals surface area contributed by atoms with Gasteiger partial charge in [0.15, 0.2) is 0 Å². The van der Waals surface area contributed by atoms with Crippen molar-refractivity contribution in [3.63, 3.8) is 0 Å². The van der Waals surface area contributed by atoms with Crippen LogP contribution in [0.1, 0.15) is 25.3 Å². The lowest BCUT2D eigenvalue weighted by Gasteiger charge is -2.24. The molecule has 0 aromatic carbocycles. The van der Waals surface area contributed by atoms with Crippen molar-refractivity contribution in [3.8, 4) is 0 Å². The lowest BCUT2D eigenvalue weighted by Crippen LogP contribution is -2.41. The first-order valence-corrected chi connectivity index (χ1v) is 11.0. The predicted octanol–water partition coefficient (Wildman–Crippen LogP) is 1.58. The van der Waals surface area contributed by atoms with E-state index < -0.39 is 0 Å². The van der Waals surface area contributed by atoms with Gasteiger partial charge in [-0.05, 0) is 31.4 Å². The third-order valence-electron chi connectivity index (χ3n) is 5.79. The molecule has 1 aliphatic heterocycles. The fourth-order valence-electron chi connectivity index (χ4n) is 3.73. The van der Waals surface area contributed by atoms with E-state index in [9.17, 15) is 14.4 Å². The third kappa shape index (κ3) is 5.86. The van der Waals surface area contributed by atoms with Gasteiger partial charge < -0.3 is 25.2 Å². The number of pyridine rings is 1. The van der Waals surface area contributed by atoms with Crippen LogP contribution in [0.2, 0.25) is 0 Å². The zero-order valence-corrected chi connectivity index (χ0v) is 18.8. The summed E-state index contributed by atoms with van der Waals surface area (Å²) in [5, 5.41) is 10.2. The highest BCUT2D eigenvalue weighted by Crippen LogP contribution is 2.31. The van der Waals surface area contributed by atoms with E-state index in [1.165, 1.54) is 4.90 Å². The first kappa shape index (κ1) is 22.7. The number of nitrogens with zero attached hydrogens (tertiary/aromatic N) is 5. The molecule has 11 nitrogen and oxygen atoms in total. The van der Waals surface area contributed by atoms with Gasteiger partial charge in [-0.3, -0.25) is 19.3 Å².